The van der Waals surface area contributed by atoms with Gasteiger partial charge in [0.1, 0.15) is 5.69 Å². The van der Waals surface area contributed by atoms with Gasteiger partial charge in [-0.05, 0) is 25.0 Å². The SMILES string of the molecule is CCCN(CC)S(=O)(=O)c1cc([N+](=O)[O-])c(NC)cc1C. The third-order valence-electron chi connectivity index (χ3n) is 3.20. The Morgan fingerprint density at radius 1 is 1.33 bits per heavy atom. The zero-order valence-corrected chi connectivity index (χ0v) is 13.5. The second kappa shape index (κ2) is 6.86. The summed E-state index contributed by atoms with van der Waals surface area (Å²) in [5.74, 6) is 0. The van der Waals surface area contributed by atoms with Crippen LogP contribution in [0.25, 0.3) is 0 Å². The van der Waals surface area contributed by atoms with E-state index in [1.165, 1.54) is 10.4 Å². The smallest absolute Gasteiger partial charge is 0.293 e. The second-order valence-corrected chi connectivity index (χ2v) is 6.55. The van der Waals surface area contributed by atoms with Crippen LogP contribution in [0.5, 0.6) is 0 Å². The van der Waals surface area contributed by atoms with Crippen LogP contribution in [0.2, 0.25) is 0 Å². The van der Waals surface area contributed by atoms with Crippen molar-refractivity contribution >= 4 is 21.4 Å². The summed E-state index contributed by atoms with van der Waals surface area (Å²) in [6.45, 7) is 5.99. The summed E-state index contributed by atoms with van der Waals surface area (Å²) in [6.07, 6.45) is 0.683. The predicted molar refractivity (Wildman–Crippen MR) is 82.1 cm³/mol. The lowest BCUT2D eigenvalue weighted by molar-refractivity contribution is -0.384. The number of nitrogens with one attached hydrogen (secondary N) is 1. The number of benzene rings is 1. The van der Waals surface area contributed by atoms with E-state index in [1.54, 1.807) is 20.9 Å². The van der Waals surface area contributed by atoms with Crippen molar-refractivity contribution in [1.29, 1.82) is 0 Å². The molecule has 0 aliphatic rings. The van der Waals surface area contributed by atoms with Gasteiger partial charge in [-0.2, -0.15) is 4.31 Å². The first kappa shape index (κ1) is 17.4. The molecule has 0 atom stereocenters. The zero-order chi connectivity index (χ0) is 16.2. The highest BCUT2D eigenvalue weighted by molar-refractivity contribution is 7.89. The van der Waals surface area contributed by atoms with Crippen molar-refractivity contribution in [2.75, 3.05) is 25.5 Å². The average molecular weight is 315 g/mol. The van der Waals surface area contributed by atoms with Crippen LogP contribution in [0, 0.1) is 17.0 Å². The number of hydrogen-bond donors (Lipinski definition) is 1. The highest BCUT2D eigenvalue weighted by Crippen LogP contribution is 2.31. The molecule has 0 heterocycles. The Hall–Kier alpha value is -1.67. The van der Waals surface area contributed by atoms with E-state index in [0.717, 1.165) is 6.07 Å². The van der Waals surface area contributed by atoms with E-state index < -0.39 is 14.9 Å². The van der Waals surface area contributed by atoms with Crippen LogP contribution >= 0.6 is 0 Å². The van der Waals surface area contributed by atoms with Gasteiger partial charge in [-0.3, -0.25) is 10.1 Å². The lowest BCUT2D eigenvalue weighted by Gasteiger charge is -2.21. The molecule has 0 bridgehead atoms. The molecule has 1 aromatic carbocycles. The summed E-state index contributed by atoms with van der Waals surface area (Å²) >= 11 is 0. The van der Waals surface area contributed by atoms with Gasteiger partial charge < -0.3 is 5.32 Å². The Bertz CT molecular complexity index is 629. The topological polar surface area (TPSA) is 92.5 Å². The van der Waals surface area contributed by atoms with Gasteiger partial charge in [0.05, 0.1) is 9.82 Å². The van der Waals surface area contributed by atoms with Crippen LogP contribution in [0.15, 0.2) is 17.0 Å². The minimum atomic E-state index is -3.72. The molecule has 0 aromatic heterocycles. The minimum absolute atomic E-state index is 0.0106. The van der Waals surface area contributed by atoms with Gasteiger partial charge >= 0.3 is 0 Å². The number of nitro benzene ring substituents is 1. The summed E-state index contributed by atoms with van der Waals surface area (Å²) in [4.78, 5) is 10.5. The van der Waals surface area contributed by atoms with Crippen molar-refractivity contribution in [2.24, 2.45) is 0 Å². The van der Waals surface area contributed by atoms with E-state index in [2.05, 4.69) is 5.32 Å². The van der Waals surface area contributed by atoms with Crippen LogP contribution in [-0.4, -0.2) is 37.8 Å². The molecule has 0 aliphatic carbocycles. The Morgan fingerprint density at radius 2 is 1.95 bits per heavy atom. The standard InChI is InChI=1S/C13H21N3O4S/c1-5-7-15(6-2)21(19,20)13-9-12(16(17)18)11(14-4)8-10(13)3/h8-9,14H,5-7H2,1-4H3. The maximum absolute atomic E-state index is 12.6. The minimum Gasteiger partial charge on any atom is -0.383 e. The van der Waals surface area contributed by atoms with Gasteiger partial charge in [-0.15, -0.1) is 0 Å². The maximum atomic E-state index is 12.6. The van der Waals surface area contributed by atoms with Crippen molar-refractivity contribution in [3.8, 4) is 0 Å². The van der Waals surface area contributed by atoms with Gasteiger partial charge in [0, 0.05) is 26.2 Å². The number of aryl methyl sites for hydroxylation is 1. The Morgan fingerprint density at radius 3 is 2.38 bits per heavy atom. The van der Waals surface area contributed by atoms with E-state index in [9.17, 15) is 18.5 Å². The highest BCUT2D eigenvalue weighted by atomic mass is 32.2. The molecule has 0 fully saturated rings. The van der Waals surface area contributed by atoms with Gasteiger partial charge in [0.25, 0.3) is 5.69 Å². The lowest BCUT2D eigenvalue weighted by atomic mass is 10.2. The molecule has 1 N–H and O–H groups in total. The Labute approximate surface area is 125 Å². The molecule has 0 unspecified atom stereocenters. The van der Waals surface area contributed by atoms with E-state index in [0.29, 0.717) is 30.8 Å². The summed E-state index contributed by atoms with van der Waals surface area (Å²) in [6, 6.07) is 2.62. The van der Waals surface area contributed by atoms with Gasteiger partial charge in [0.15, 0.2) is 0 Å². The fraction of sp³-hybridized carbons (Fsp3) is 0.538. The maximum Gasteiger partial charge on any atom is 0.293 e. The molecule has 1 aromatic rings. The molecule has 1 rings (SSSR count). The Kier molecular flexibility index (Phi) is 5.68. The fourth-order valence-electron chi connectivity index (χ4n) is 2.14. The van der Waals surface area contributed by atoms with Crippen LogP contribution in [-0.2, 0) is 10.0 Å². The van der Waals surface area contributed by atoms with Gasteiger partial charge in [0.2, 0.25) is 10.0 Å². The molecule has 0 aliphatic heterocycles. The number of rotatable bonds is 7. The number of sulfonamides is 1. The molecular weight excluding hydrogens is 294 g/mol. The third kappa shape index (κ3) is 3.51. The van der Waals surface area contributed by atoms with Crippen LogP contribution in [0.1, 0.15) is 25.8 Å². The molecule has 21 heavy (non-hydrogen) atoms. The average Bonchev–Trinajstić information content (AvgIpc) is 2.43. The van der Waals surface area contributed by atoms with Crippen molar-refractivity contribution in [3.05, 3.63) is 27.8 Å². The van der Waals surface area contributed by atoms with Crippen molar-refractivity contribution in [3.63, 3.8) is 0 Å². The molecule has 8 heteroatoms. The molecule has 0 radical (unpaired) electrons. The molecule has 0 saturated carbocycles. The van der Waals surface area contributed by atoms with Crippen LogP contribution < -0.4 is 5.32 Å². The number of anilines is 1. The summed E-state index contributed by atoms with van der Waals surface area (Å²) < 4.78 is 26.6. The zero-order valence-electron chi connectivity index (χ0n) is 12.7. The van der Waals surface area contributed by atoms with E-state index in [4.69, 9.17) is 0 Å². The van der Waals surface area contributed by atoms with E-state index in [1.807, 2.05) is 6.92 Å². The second-order valence-electron chi connectivity index (χ2n) is 4.64. The number of nitro groups is 1. The monoisotopic (exact) mass is 315 g/mol. The molecule has 0 spiro atoms. The molecule has 0 saturated heterocycles. The Balaban J connectivity index is 3.49. The molecule has 118 valence electrons. The predicted octanol–water partition coefficient (Wildman–Crippen LogP) is 2.37. The third-order valence-corrected chi connectivity index (χ3v) is 5.32. The van der Waals surface area contributed by atoms with E-state index in [-0.39, 0.29) is 10.6 Å². The normalized spacial score (nSPS) is 11.7. The summed E-state index contributed by atoms with van der Waals surface area (Å²) in [7, 11) is -2.16. The highest BCUT2D eigenvalue weighted by Gasteiger charge is 2.28. The molecular formula is C13H21N3O4S. The number of hydrogen-bond acceptors (Lipinski definition) is 5. The van der Waals surface area contributed by atoms with Gasteiger partial charge in [-0.1, -0.05) is 13.8 Å². The first-order chi connectivity index (χ1) is 9.79. The number of nitrogens with zero attached hydrogens (tertiary/aromatic N) is 2. The lowest BCUT2D eigenvalue weighted by Crippen LogP contribution is -2.32. The summed E-state index contributed by atoms with van der Waals surface area (Å²) in [5, 5.41) is 13.8. The van der Waals surface area contributed by atoms with Crippen LogP contribution in [0.4, 0.5) is 11.4 Å². The van der Waals surface area contributed by atoms with Crippen LogP contribution in [0.3, 0.4) is 0 Å². The molecule has 0 amide bonds. The van der Waals surface area contributed by atoms with E-state index >= 15 is 0 Å². The first-order valence-corrected chi connectivity index (χ1v) is 8.20. The van der Waals surface area contributed by atoms with Crippen molar-refractivity contribution in [1.82, 2.24) is 4.31 Å². The quantitative estimate of drug-likeness (QED) is 0.616. The van der Waals surface area contributed by atoms with Gasteiger partial charge in [-0.25, -0.2) is 8.42 Å². The fourth-order valence-corrected chi connectivity index (χ4v) is 3.91. The summed E-state index contributed by atoms with van der Waals surface area (Å²) in [5.41, 5.74) is 0.545. The van der Waals surface area contributed by atoms with Crippen molar-refractivity contribution in [2.45, 2.75) is 32.1 Å². The largest absolute Gasteiger partial charge is 0.383 e. The van der Waals surface area contributed by atoms with Crippen molar-refractivity contribution < 1.29 is 13.3 Å². The molecule has 7 nitrogen and oxygen atoms in total. The first-order valence-electron chi connectivity index (χ1n) is 6.76.